The van der Waals surface area contributed by atoms with Gasteiger partial charge < -0.3 is 10.0 Å². The lowest BCUT2D eigenvalue weighted by atomic mass is 10.3. The fraction of sp³-hybridized carbons (Fsp3) is 0.667. The standard InChI is InChI=1S/C12H19BrN2O3S2/c1-2-3-14-4-6-15(7-5-14)20(17,18)11-8-10(9-16)19-12(11)13/h8,16H,2-7,9H2,1H3. The number of sulfonamides is 1. The van der Waals surface area contributed by atoms with E-state index in [-0.39, 0.29) is 11.5 Å². The molecule has 5 nitrogen and oxygen atoms in total. The summed E-state index contributed by atoms with van der Waals surface area (Å²) in [7, 11) is -3.46. The molecule has 0 atom stereocenters. The molecule has 1 aliphatic heterocycles. The summed E-state index contributed by atoms with van der Waals surface area (Å²) < 4.78 is 27.3. The Bertz CT molecular complexity index is 551. The second-order valence-electron chi connectivity index (χ2n) is 4.75. The first-order valence-electron chi connectivity index (χ1n) is 6.60. The number of halogens is 1. The van der Waals surface area contributed by atoms with Crippen molar-refractivity contribution in [1.29, 1.82) is 0 Å². The summed E-state index contributed by atoms with van der Waals surface area (Å²) in [6, 6.07) is 1.56. The van der Waals surface area contributed by atoms with Gasteiger partial charge in [0, 0.05) is 31.1 Å². The van der Waals surface area contributed by atoms with Crippen molar-refractivity contribution in [2.45, 2.75) is 24.8 Å². The predicted molar refractivity (Wildman–Crippen MR) is 83.4 cm³/mol. The number of hydrogen-bond donors (Lipinski definition) is 1. The molecule has 0 aromatic carbocycles. The molecule has 2 heterocycles. The smallest absolute Gasteiger partial charge is 0.245 e. The molecule has 114 valence electrons. The second-order valence-corrected chi connectivity index (χ2v) is 9.12. The lowest BCUT2D eigenvalue weighted by Gasteiger charge is -2.33. The summed E-state index contributed by atoms with van der Waals surface area (Å²) in [6.45, 7) is 5.62. The van der Waals surface area contributed by atoms with Crippen LogP contribution in [0.4, 0.5) is 0 Å². The van der Waals surface area contributed by atoms with E-state index in [1.54, 1.807) is 6.07 Å². The van der Waals surface area contributed by atoms with Crippen molar-refractivity contribution in [3.05, 3.63) is 14.7 Å². The lowest BCUT2D eigenvalue weighted by molar-refractivity contribution is 0.188. The first kappa shape index (κ1) is 16.4. The average molecular weight is 383 g/mol. The fourth-order valence-electron chi connectivity index (χ4n) is 2.30. The highest BCUT2D eigenvalue weighted by Gasteiger charge is 2.30. The van der Waals surface area contributed by atoms with E-state index in [0.29, 0.717) is 21.8 Å². The third-order valence-corrected chi connectivity index (χ3v) is 7.49. The highest BCUT2D eigenvalue weighted by Crippen LogP contribution is 2.33. The minimum absolute atomic E-state index is 0.136. The van der Waals surface area contributed by atoms with Gasteiger partial charge in [0.1, 0.15) is 4.90 Å². The van der Waals surface area contributed by atoms with Gasteiger partial charge in [-0.1, -0.05) is 6.92 Å². The van der Waals surface area contributed by atoms with Crippen molar-refractivity contribution in [1.82, 2.24) is 9.21 Å². The molecule has 0 bridgehead atoms. The van der Waals surface area contributed by atoms with Crippen LogP contribution in [0, 0.1) is 0 Å². The minimum Gasteiger partial charge on any atom is -0.391 e. The Labute approximate surface area is 132 Å². The third kappa shape index (κ3) is 3.42. The Morgan fingerprint density at radius 1 is 1.35 bits per heavy atom. The van der Waals surface area contributed by atoms with E-state index < -0.39 is 10.0 Å². The Kier molecular flexibility index (Phi) is 5.61. The van der Waals surface area contributed by atoms with Gasteiger partial charge in [0.15, 0.2) is 0 Å². The zero-order valence-electron chi connectivity index (χ0n) is 11.4. The predicted octanol–water partition coefficient (Wildman–Crippen LogP) is 1.72. The van der Waals surface area contributed by atoms with Crippen molar-refractivity contribution >= 4 is 37.3 Å². The highest BCUT2D eigenvalue weighted by molar-refractivity contribution is 9.11. The van der Waals surface area contributed by atoms with Crippen molar-refractivity contribution in [3.8, 4) is 0 Å². The largest absolute Gasteiger partial charge is 0.391 e. The van der Waals surface area contributed by atoms with Gasteiger partial charge in [-0.3, -0.25) is 0 Å². The first-order chi connectivity index (χ1) is 9.48. The maximum Gasteiger partial charge on any atom is 0.245 e. The first-order valence-corrected chi connectivity index (χ1v) is 9.65. The molecule has 1 aromatic rings. The van der Waals surface area contributed by atoms with Crippen LogP contribution in [0.3, 0.4) is 0 Å². The van der Waals surface area contributed by atoms with Gasteiger partial charge in [-0.05, 0) is 35.0 Å². The van der Waals surface area contributed by atoms with Crippen LogP contribution in [0.2, 0.25) is 0 Å². The number of rotatable bonds is 5. The SMILES string of the molecule is CCCN1CCN(S(=O)(=O)c2cc(CO)sc2Br)CC1. The summed E-state index contributed by atoms with van der Waals surface area (Å²) >= 11 is 4.55. The van der Waals surface area contributed by atoms with Gasteiger partial charge in [-0.2, -0.15) is 4.31 Å². The van der Waals surface area contributed by atoms with Crippen molar-refractivity contribution in [2.75, 3.05) is 32.7 Å². The normalized spacial score (nSPS) is 18.6. The number of aliphatic hydroxyl groups is 1. The molecule has 1 aromatic heterocycles. The molecule has 1 fully saturated rings. The van der Waals surface area contributed by atoms with E-state index in [2.05, 4.69) is 27.8 Å². The Morgan fingerprint density at radius 2 is 2.00 bits per heavy atom. The van der Waals surface area contributed by atoms with Crippen LogP contribution in [0.25, 0.3) is 0 Å². The van der Waals surface area contributed by atoms with Gasteiger partial charge >= 0.3 is 0 Å². The van der Waals surface area contributed by atoms with Crippen molar-refractivity contribution < 1.29 is 13.5 Å². The summed E-state index contributed by atoms with van der Waals surface area (Å²) in [6.07, 6.45) is 1.09. The summed E-state index contributed by atoms with van der Waals surface area (Å²) in [4.78, 5) is 3.21. The topological polar surface area (TPSA) is 60.9 Å². The molecule has 8 heteroatoms. The highest BCUT2D eigenvalue weighted by atomic mass is 79.9. The van der Waals surface area contributed by atoms with Gasteiger partial charge in [-0.15, -0.1) is 11.3 Å². The number of nitrogens with zero attached hydrogens (tertiary/aromatic N) is 2. The van der Waals surface area contributed by atoms with Crippen molar-refractivity contribution in [2.24, 2.45) is 0 Å². The van der Waals surface area contributed by atoms with E-state index in [1.165, 1.54) is 15.6 Å². The quantitative estimate of drug-likeness (QED) is 0.841. The monoisotopic (exact) mass is 382 g/mol. The Hall–Kier alpha value is 0.01000. The van der Waals surface area contributed by atoms with E-state index in [9.17, 15) is 8.42 Å². The van der Waals surface area contributed by atoms with E-state index in [0.717, 1.165) is 26.1 Å². The lowest BCUT2D eigenvalue weighted by Crippen LogP contribution is -2.48. The van der Waals surface area contributed by atoms with Gasteiger partial charge in [0.05, 0.1) is 10.4 Å². The molecular formula is C12H19BrN2O3S2. The van der Waals surface area contributed by atoms with Crippen LogP contribution >= 0.6 is 27.3 Å². The third-order valence-electron chi connectivity index (χ3n) is 3.35. The average Bonchev–Trinajstić information content (AvgIpc) is 2.82. The molecule has 1 saturated heterocycles. The Morgan fingerprint density at radius 3 is 2.50 bits per heavy atom. The van der Waals surface area contributed by atoms with E-state index in [1.807, 2.05) is 0 Å². The van der Waals surface area contributed by atoms with Crippen LogP contribution in [-0.4, -0.2) is 55.5 Å². The van der Waals surface area contributed by atoms with Gasteiger partial charge in [0.25, 0.3) is 0 Å². The van der Waals surface area contributed by atoms with Crippen LogP contribution in [0.15, 0.2) is 14.7 Å². The molecular weight excluding hydrogens is 364 g/mol. The Balaban J connectivity index is 2.13. The minimum atomic E-state index is -3.46. The number of piperazine rings is 1. The maximum absolute atomic E-state index is 12.6. The van der Waals surface area contributed by atoms with Crippen LogP contribution < -0.4 is 0 Å². The zero-order chi connectivity index (χ0) is 14.8. The molecule has 0 saturated carbocycles. The van der Waals surface area contributed by atoms with Gasteiger partial charge in [-0.25, -0.2) is 8.42 Å². The molecule has 20 heavy (non-hydrogen) atoms. The second kappa shape index (κ2) is 6.85. The van der Waals surface area contributed by atoms with Crippen molar-refractivity contribution in [3.63, 3.8) is 0 Å². The zero-order valence-corrected chi connectivity index (χ0v) is 14.6. The maximum atomic E-state index is 12.6. The number of aliphatic hydroxyl groups excluding tert-OH is 1. The number of thiophene rings is 1. The summed E-state index contributed by atoms with van der Waals surface area (Å²) in [5.74, 6) is 0. The fourth-order valence-corrected chi connectivity index (χ4v) is 6.22. The molecule has 1 N–H and O–H groups in total. The molecule has 2 rings (SSSR count). The van der Waals surface area contributed by atoms with Crippen LogP contribution in [0.5, 0.6) is 0 Å². The summed E-state index contributed by atoms with van der Waals surface area (Å²) in [5, 5.41) is 9.12. The van der Waals surface area contributed by atoms with Crippen LogP contribution in [-0.2, 0) is 16.6 Å². The van der Waals surface area contributed by atoms with Gasteiger partial charge in [0.2, 0.25) is 10.0 Å². The molecule has 0 aliphatic carbocycles. The van der Waals surface area contributed by atoms with E-state index in [4.69, 9.17) is 5.11 Å². The van der Waals surface area contributed by atoms with E-state index >= 15 is 0 Å². The molecule has 0 amide bonds. The molecule has 0 unspecified atom stereocenters. The number of hydrogen-bond acceptors (Lipinski definition) is 5. The molecule has 0 radical (unpaired) electrons. The molecule has 1 aliphatic rings. The summed E-state index contributed by atoms with van der Waals surface area (Å²) in [5.41, 5.74) is 0. The molecule has 0 spiro atoms. The van der Waals surface area contributed by atoms with Crippen LogP contribution in [0.1, 0.15) is 18.2 Å².